The van der Waals surface area contributed by atoms with Crippen LogP contribution in [-0.4, -0.2) is 20.4 Å². The van der Waals surface area contributed by atoms with E-state index in [1.165, 1.54) is 0 Å². The normalized spacial score (nSPS) is 11.4. The summed E-state index contributed by atoms with van der Waals surface area (Å²) in [6.45, 7) is 4.31. The second-order valence-electron chi connectivity index (χ2n) is 4.47. The number of carbonyl (C=O) groups excluding carboxylic acids is 1. The number of nitrogens with zero attached hydrogens (tertiary/aromatic N) is 3. The first-order valence-electron chi connectivity index (χ1n) is 6.59. The predicted molar refractivity (Wildman–Crippen MR) is 77.3 cm³/mol. The minimum atomic E-state index is -0.0365. The van der Waals surface area contributed by atoms with Crippen LogP contribution in [0, 0.1) is 0 Å². The summed E-state index contributed by atoms with van der Waals surface area (Å²) in [5.41, 5.74) is 1.71. The van der Waals surface area contributed by atoms with Gasteiger partial charge in [0.1, 0.15) is 12.1 Å². The molecule has 0 radical (unpaired) electrons. The Kier molecular flexibility index (Phi) is 4.65. The topological polar surface area (TPSA) is 59.8 Å². The van der Waals surface area contributed by atoms with Crippen LogP contribution in [-0.2, 0) is 11.3 Å². The van der Waals surface area contributed by atoms with E-state index in [4.69, 9.17) is 0 Å². The molecule has 5 nitrogen and oxygen atoms in total. The molecule has 0 aromatic carbocycles. The van der Waals surface area contributed by atoms with Crippen molar-refractivity contribution in [3.05, 3.63) is 54.3 Å². The summed E-state index contributed by atoms with van der Waals surface area (Å²) in [6, 6.07) is 3.85. The maximum Gasteiger partial charge on any atom is 0.246 e. The fraction of sp³-hybridized carbons (Fsp3) is 0.267. The molecule has 104 valence electrons. The van der Waals surface area contributed by atoms with Crippen molar-refractivity contribution in [3.63, 3.8) is 0 Å². The largest absolute Gasteiger partial charge is 0.348 e. The van der Waals surface area contributed by atoms with E-state index in [-0.39, 0.29) is 5.91 Å². The van der Waals surface area contributed by atoms with Gasteiger partial charge in [-0.15, -0.1) is 0 Å². The summed E-state index contributed by atoms with van der Waals surface area (Å²) in [5.74, 6) is 0.769. The molecule has 0 fully saturated rings. The van der Waals surface area contributed by atoms with E-state index < -0.39 is 0 Å². The average Bonchev–Trinajstić information content (AvgIpc) is 2.99. The lowest BCUT2D eigenvalue weighted by atomic mass is 10.2. The lowest BCUT2D eigenvalue weighted by Gasteiger charge is -2.06. The lowest BCUT2D eigenvalue weighted by Crippen LogP contribution is -2.23. The SMILES string of the molecule is CCC=C(C)C(=O)NCc1ccc(-n2ccnc2)nc1. The van der Waals surface area contributed by atoms with Crippen LogP contribution in [0.3, 0.4) is 0 Å². The molecule has 0 saturated carbocycles. The quantitative estimate of drug-likeness (QED) is 0.848. The highest BCUT2D eigenvalue weighted by atomic mass is 16.1. The Morgan fingerprint density at radius 1 is 1.45 bits per heavy atom. The highest BCUT2D eigenvalue weighted by molar-refractivity contribution is 5.92. The molecule has 0 saturated heterocycles. The van der Waals surface area contributed by atoms with Gasteiger partial charge in [-0.05, 0) is 25.0 Å². The number of hydrogen-bond donors (Lipinski definition) is 1. The van der Waals surface area contributed by atoms with Gasteiger partial charge in [0.05, 0.1) is 0 Å². The zero-order valence-electron chi connectivity index (χ0n) is 11.7. The fourth-order valence-corrected chi connectivity index (χ4v) is 1.79. The molecule has 0 unspecified atom stereocenters. The van der Waals surface area contributed by atoms with Crippen LogP contribution in [0.4, 0.5) is 0 Å². The second kappa shape index (κ2) is 6.65. The third-order valence-corrected chi connectivity index (χ3v) is 2.90. The van der Waals surface area contributed by atoms with Crippen LogP contribution >= 0.6 is 0 Å². The van der Waals surface area contributed by atoms with Crippen molar-refractivity contribution in [2.24, 2.45) is 0 Å². The van der Waals surface area contributed by atoms with Gasteiger partial charge in [0.25, 0.3) is 0 Å². The van der Waals surface area contributed by atoms with Gasteiger partial charge < -0.3 is 5.32 Å². The highest BCUT2D eigenvalue weighted by Crippen LogP contribution is 2.05. The van der Waals surface area contributed by atoms with Crippen molar-refractivity contribution in [3.8, 4) is 5.82 Å². The lowest BCUT2D eigenvalue weighted by molar-refractivity contribution is -0.117. The third-order valence-electron chi connectivity index (χ3n) is 2.90. The number of allylic oxidation sites excluding steroid dienone is 1. The van der Waals surface area contributed by atoms with Gasteiger partial charge in [0, 0.05) is 30.7 Å². The summed E-state index contributed by atoms with van der Waals surface area (Å²) < 4.78 is 1.83. The van der Waals surface area contributed by atoms with E-state index in [0.29, 0.717) is 6.54 Å². The maximum atomic E-state index is 11.7. The summed E-state index contributed by atoms with van der Waals surface area (Å²) in [7, 11) is 0. The minimum Gasteiger partial charge on any atom is -0.348 e. The Morgan fingerprint density at radius 3 is 2.90 bits per heavy atom. The fourth-order valence-electron chi connectivity index (χ4n) is 1.79. The molecule has 2 heterocycles. The van der Waals surface area contributed by atoms with E-state index in [1.54, 1.807) is 18.7 Å². The summed E-state index contributed by atoms with van der Waals surface area (Å²) in [5, 5.41) is 2.87. The summed E-state index contributed by atoms with van der Waals surface area (Å²) >= 11 is 0. The number of carbonyl (C=O) groups is 1. The first-order valence-corrected chi connectivity index (χ1v) is 6.59. The molecule has 20 heavy (non-hydrogen) atoms. The van der Waals surface area contributed by atoms with Crippen molar-refractivity contribution >= 4 is 5.91 Å². The second-order valence-corrected chi connectivity index (χ2v) is 4.47. The van der Waals surface area contributed by atoms with Crippen molar-refractivity contribution < 1.29 is 4.79 Å². The van der Waals surface area contributed by atoms with E-state index in [0.717, 1.165) is 23.4 Å². The van der Waals surface area contributed by atoms with Crippen LogP contribution in [0.5, 0.6) is 0 Å². The minimum absolute atomic E-state index is 0.0365. The third kappa shape index (κ3) is 3.54. The van der Waals surface area contributed by atoms with E-state index >= 15 is 0 Å². The van der Waals surface area contributed by atoms with Crippen LogP contribution in [0.15, 0.2) is 48.7 Å². The molecule has 2 rings (SSSR count). The molecule has 5 heteroatoms. The van der Waals surface area contributed by atoms with E-state index in [1.807, 2.05) is 42.8 Å². The van der Waals surface area contributed by atoms with Crippen molar-refractivity contribution in [1.82, 2.24) is 19.9 Å². The zero-order valence-corrected chi connectivity index (χ0v) is 11.7. The van der Waals surface area contributed by atoms with Gasteiger partial charge in [-0.1, -0.05) is 19.1 Å². The van der Waals surface area contributed by atoms with E-state index in [2.05, 4.69) is 15.3 Å². The summed E-state index contributed by atoms with van der Waals surface area (Å²) in [6.07, 6.45) is 9.77. The Labute approximate surface area is 118 Å². The number of nitrogens with one attached hydrogen (secondary N) is 1. The monoisotopic (exact) mass is 270 g/mol. The Morgan fingerprint density at radius 2 is 2.30 bits per heavy atom. The molecule has 1 N–H and O–H groups in total. The Balaban J connectivity index is 1.95. The molecule has 0 aliphatic heterocycles. The molecule has 1 amide bonds. The van der Waals surface area contributed by atoms with Crippen molar-refractivity contribution in [1.29, 1.82) is 0 Å². The molecule has 0 aliphatic rings. The van der Waals surface area contributed by atoms with Crippen molar-refractivity contribution in [2.45, 2.75) is 26.8 Å². The number of hydrogen-bond acceptors (Lipinski definition) is 3. The number of amides is 1. The predicted octanol–water partition coefficient (Wildman–Crippen LogP) is 2.24. The molecule has 2 aromatic rings. The van der Waals surface area contributed by atoms with Gasteiger partial charge in [0.2, 0.25) is 5.91 Å². The van der Waals surface area contributed by atoms with E-state index in [9.17, 15) is 4.79 Å². The zero-order chi connectivity index (χ0) is 14.4. The molecule has 0 aliphatic carbocycles. The van der Waals surface area contributed by atoms with Gasteiger partial charge in [-0.3, -0.25) is 9.36 Å². The van der Waals surface area contributed by atoms with Gasteiger partial charge >= 0.3 is 0 Å². The van der Waals surface area contributed by atoms with Crippen LogP contribution in [0.25, 0.3) is 5.82 Å². The molecule has 0 atom stereocenters. The number of aromatic nitrogens is 3. The Hall–Kier alpha value is -2.43. The first-order chi connectivity index (χ1) is 9.70. The smallest absolute Gasteiger partial charge is 0.246 e. The molecule has 0 bridgehead atoms. The molecular weight excluding hydrogens is 252 g/mol. The summed E-state index contributed by atoms with van der Waals surface area (Å²) in [4.78, 5) is 20.1. The molecule has 0 spiro atoms. The molecular formula is C15H18N4O. The van der Waals surface area contributed by atoms with Gasteiger partial charge in [0.15, 0.2) is 0 Å². The molecule has 2 aromatic heterocycles. The first kappa shape index (κ1) is 14.0. The highest BCUT2D eigenvalue weighted by Gasteiger charge is 2.03. The Bertz CT molecular complexity index is 585. The van der Waals surface area contributed by atoms with Crippen molar-refractivity contribution in [2.75, 3.05) is 0 Å². The number of rotatable bonds is 5. The van der Waals surface area contributed by atoms with Gasteiger partial charge in [-0.2, -0.15) is 0 Å². The van der Waals surface area contributed by atoms with Crippen LogP contribution in [0.2, 0.25) is 0 Å². The van der Waals surface area contributed by atoms with Crippen LogP contribution in [0.1, 0.15) is 25.8 Å². The van der Waals surface area contributed by atoms with Crippen LogP contribution < -0.4 is 5.32 Å². The maximum absolute atomic E-state index is 11.7. The standard InChI is InChI=1S/C15H18N4O/c1-3-4-12(2)15(20)18-10-13-5-6-14(17-9-13)19-8-7-16-11-19/h4-9,11H,3,10H2,1-2H3,(H,18,20). The number of imidazole rings is 1. The van der Waals surface area contributed by atoms with Gasteiger partial charge in [-0.25, -0.2) is 9.97 Å². The number of pyridine rings is 1. The average molecular weight is 270 g/mol.